The minimum atomic E-state index is -3.78. The molecule has 0 bridgehead atoms. The van der Waals surface area contributed by atoms with E-state index in [0.717, 1.165) is 5.56 Å². The standard InChI is InChI=1S/C19H21N3O4S/c1-22-17(23)12-11-16(18(22)13-5-3-2-4-6-13)19(24)21-14-7-9-15(10-8-14)27(20,25)26/h2-10,16,18H,11-12H2,1H3,(H,21,24)(H2,20,25,26)/t16-,18+/m1/s1. The lowest BCUT2D eigenvalue weighted by molar-refractivity contribution is -0.140. The van der Waals surface area contributed by atoms with Gasteiger partial charge in [-0.15, -0.1) is 0 Å². The van der Waals surface area contributed by atoms with Crippen LogP contribution in [0.25, 0.3) is 0 Å². The number of nitrogens with one attached hydrogen (secondary N) is 1. The van der Waals surface area contributed by atoms with E-state index < -0.39 is 15.9 Å². The number of hydrogen-bond acceptors (Lipinski definition) is 4. The van der Waals surface area contributed by atoms with Crippen LogP contribution in [0.1, 0.15) is 24.4 Å². The highest BCUT2D eigenvalue weighted by Crippen LogP contribution is 2.36. The molecular formula is C19H21N3O4S. The molecular weight excluding hydrogens is 366 g/mol. The lowest BCUT2D eigenvalue weighted by Gasteiger charge is -2.38. The molecule has 3 rings (SSSR count). The molecule has 1 aliphatic heterocycles. The average molecular weight is 387 g/mol. The van der Waals surface area contributed by atoms with Gasteiger partial charge in [0.2, 0.25) is 21.8 Å². The number of nitrogens with two attached hydrogens (primary N) is 1. The summed E-state index contributed by atoms with van der Waals surface area (Å²) in [5, 5.41) is 7.90. The van der Waals surface area contributed by atoms with E-state index in [1.54, 1.807) is 11.9 Å². The summed E-state index contributed by atoms with van der Waals surface area (Å²) >= 11 is 0. The molecule has 2 atom stereocenters. The normalized spacial score (nSPS) is 20.4. The van der Waals surface area contributed by atoms with Crippen LogP contribution in [0.5, 0.6) is 0 Å². The van der Waals surface area contributed by atoms with Crippen molar-refractivity contribution in [3.05, 3.63) is 60.2 Å². The SMILES string of the molecule is CN1C(=O)CC[C@@H](C(=O)Nc2ccc(S(N)(=O)=O)cc2)[C@@H]1c1ccccc1. The third-order valence-electron chi connectivity index (χ3n) is 4.79. The number of amides is 2. The molecule has 2 amide bonds. The van der Waals surface area contributed by atoms with Gasteiger partial charge in [-0.3, -0.25) is 9.59 Å². The van der Waals surface area contributed by atoms with Crippen molar-refractivity contribution in [3.8, 4) is 0 Å². The largest absolute Gasteiger partial charge is 0.338 e. The minimum absolute atomic E-state index is 0.00501. The van der Waals surface area contributed by atoms with Gasteiger partial charge in [-0.05, 0) is 36.2 Å². The Hall–Kier alpha value is -2.71. The summed E-state index contributed by atoms with van der Waals surface area (Å²) in [6.07, 6.45) is 0.756. The van der Waals surface area contributed by atoms with Crippen molar-refractivity contribution < 1.29 is 18.0 Å². The molecule has 0 radical (unpaired) electrons. The van der Waals surface area contributed by atoms with Crippen LogP contribution >= 0.6 is 0 Å². The highest BCUT2D eigenvalue weighted by molar-refractivity contribution is 7.89. The lowest BCUT2D eigenvalue weighted by Crippen LogP contribution is -2.44. The van der Waals surface area contributed by atoms with Crippen LogP contribution in [0.3, 0.4) is 0 Å². The van der Waals surface area contributed by atoms with E-state index in [0.29, 0.717) is 18.5 Å². The minimum Gasteiger partial charge on any atom is -0.338 e. The van der Waals surface area contributed by atoms with Crippen molar-refractivity contribution in [3.63, 3.8) is 0 Å². The Morgan fingerprint density at radius 3 is 2.33 bits per heavy atom. The number of hydrogen-bond donors (Lipinski definition) is 2. The smallest absolute Gasteiger partial charge is 0.238 e. The van der Waals surface area contributed by atoms with Gasteiger partial charge in [0.05, 0.1) is 16.9 Å². The topological polar surface area (TPSA) is 110 Å². The summed E-state index contributed by atoms with van der Waals surface area (Å²) < 4.78 is 22.7. The highest BCUT2D eigenvalue weighted by Gasteiger charge is 2.38. The number of likely N-dealkylation sites (tertiary alicyclic amines) is 1. The molecule has 1 saturated heterocycles. The monoisotopic (exact) mass is 387 g/mol. The van der Waals surface area contributed by atoms with Crippen molar-refractivity contribution in [2.24, 2.45) is 11.1 Å². The molecule has 1 heterocycles. The third kappa shape index (κ3) is 4.17. The zero-order chi connectivity index (χ0) is 19.6. The van der Waals surface area contributed by atoms with Crippen LogP contribution in [0.2, 0.25) is 0 Å². The molecule has 142 valence electrons. The fourth-order valence-corrected chi connectivity index (χ4v) is 3.90. The number of benzene rings is 2. The van der Waals surface area contributed by atoms with Gasteiger partial charge < -0.3 is 10.2 Å². The number of carbonyl (C=O) groups is 2. The number of anilines is 1. The van der Waals surface area contributed by atoms with Crippen molar-refractivity contribution in [1.29, 1.82) is 0 Å². The average Bonchev–Trinajstić information content (AvgIpc) is 2.64. The van der Waals surface area contributed by atoms with Gasteiger partial charge in [-0.1, -0.05) is 30.3 Å². The van der Waals surface area contributed by atoms with E-state index in [4.69, 9.17) is 5.14 Å². The first-order chi connectivity index (χ1) is 12.8. The number of carbonyl (C=O) groups excluding carboxylic acids is 2. The lowest BCUT2D eigenvalue weighted by atomic mass is 9.84. The molecule has 2 aromatic carbocycles. The Morgan fingerprint density at radius 1 is 1.11 bits per heavy atom. The quantitative estimate of drug-likeness (QED) is 0.835. The fourth-order valence-electron chi connectivity index (χ4n) is 3.38. The van der Waals surface area contributed by atoms with Gasteiger partial charge in [0, 0.05) is 19.2 Å². The third-order valence-corrected chi connectivity index (χ3v) is 5.72. The molecule has 0 aromatic heterocycles. The van der Waals surface area contributed by atoms with Crippen LogP contribution in [-0.2, 0) is 19.6 Å². The maximum absolute atomic E-state index is 12.9. The number of sulfonamides is 1. The van der Waals surface area contributed by atoms with Crippen molar-refractivity contribution in [2.45, 2.75) is 23.8 Å². The van der Waals surface area contributed by atoms with Gasteiger partial charge in [0.15, 0.2) is 0 Å². The highest BCUT2D eigenvalue weighted by atomic mass is 32.2. The second kappa shape index (κ2) is 7.50. The maximum atomic E-state index is 12.9. The first-order valence-electron chi connectivity index (χ1n) is 8.51. The molecule has 27 heavy (non-hydrogen) atoms. The van der Waals surface area contributed by atoms with Crippen molar-refractivity contribution in [2.75, 3.05) is 12.4 Å². The fraction of sp³-hybridized carbons (Fsp3) is 0.263. The summed E-state index contributed by atoms with van der Waals surface area (Å²) in [6, 6.07) is 14.8. The molecule has 1 aliphatic rings. The van der Waals surface area contributed by atoms with Crippen LogP contribution in [0.15, 0.2) is 59.5 Å². The summed E-state index contributed by atoms with van der Waals surface area (Å²) in [7, 11) is -2.07. The summed E-state index contributed by atoms with van der Waals surface area (Å²) in [5.74, 6) is -0.620. The number of primary sulfonamides is 1. The Bertz CT molecular complexity index is 943. The molecule has 0 spiro atoms. The van der Waals surface area contributed by atoms with E-state index in [1.807, 2.05) is 30.3 Å². The van der Waals surface area contributed by atoms with E-state index in [1.165, 1.54) is 24.3 Å². The van der Waals surface area contributed by atoms with E-state index in [-0.39, 0.29) is 22.8 Å². The van der Waals surface area contributed by atoms with Gasteiger partial charge in [-0.25, -0.2) is 13.6 Å². The van der Waals surface area contributed by atoms with Gasteiger partial charge >= 0.3 is 0 Å². The van der Waals surface area contributed by atoms with Crippen LogP contribution in [0, 0.1) is 5.92 Å². The Balaban J connectivity index is 1.82. The molecule has 0 saturated carbocycles. The predicted molar refractivity (Wildman–Crippen MR) is 101 cm³/mol. The molecule has 1 fully saturated rings. The number of rotatable bonds is 4. The summed E-state index contributed by atoms with van der Waals surface area (Å²) in [5.41, 5.74) is 1.37. The first kappa shape index (κ1) is 19.1. The Labute approximate surface area is 158 Å². The summed E-state index contributed by atoms with van der Waals surface area (Å²) in [4.78, 5) is 26.7. The van der Waals surface area contributed by atoms with Crippen molar-refractivity contribution in [1.82, 2.24) is 4.90 Å². The molecule has 7 nitrogen and oxygen atoms in total. The first-order valence-corrected chi connectivity index (χ1v) is 10.1. The van der Waals surface area contributed by atoms with E-state index in [2.05, 4.69) is 5.32 Å². The van der Waals surface area contributed by atoms with Crippen LogP contribution in [0.4, 0.5) is 5.69 Å². The van der Waals surface area contributed by atoms with Gasteiger partial charge in [0.1, 0.15) is 0 Å². The zero-order valence-corrected chi connectivity index (χ0v) is 15.6. The van der Waals surface area contributed by atoms with Crippen LogP contribution < -0.4 is 10.5 Å². The molecule has 0 aliphatic carbocycles. The number of piperidine rings is 1. The van der Waals surface area contributed by atoms with Crippen LogP contribution in [-0.4, -0.2) is 32.2 Å². The molecule has 2 aromatic rings. The second-order valence-electron chi connectivity index (χ2n) is 6.56. The second-order valence-corrected chi connectivity index (χ2v) is 8.13. The Morgan fingerprint density at radius 2 is 1.74 bits per heavy atom. The van der Waals surface area contributed by atoms with Crippen molar-refractivity contribution >= 4 is 27.5 Å². The molecule has 3 N–H and O–H groups in total. The zero-order valence-electron chi connectivity index (χ0n) is 14.8. The maximum Gasteiger partial charge on any atom is 0.238 e. The summed E-state index contributed by atoms with van der Waals surface area (Å²) in [6.45, 7) is 0. The van der Waals surface area contributed by atoms with Gasteiger partial charge in [0.25, 0.3) is 0 Å². The number of nitrogens with zero attached hydrogens (tertiary/aromatic N) is 1. The van der Waals surface area contributed by atoms with E-state index in [9.17, 15) is 18.0 Å². The van der Waals surface area contributed by atoms with E-state index >= 15 is 0 Å². The van der Waals surface area contributed by atoms with Gasteiger partial charge in [-0.2, -0.15) is 0 Å². The molecule has 8 heteroatoms. The molecule has 0 unspecified atom stereocenters. The predicted octanol–water partition coefficient (Wildman–Crippen LogP) is 1.88. The Kier molecular flexibility index (Phi) is 5.29.